The maximum Gasteiger partial charge on any atom is 0.127 e. The first-order valence-corrected chi connectivity index (χ1v) is 8.54. The van der Waals surface area contributed by atoms with Crippen molar-refractivity contribution in [3.63, 3.8) is 0 Å². The Hall–Kier alpha value is -3.00. The van der Waals surface area contributed by atoms with Crippen LogP contribution in [0.25, 0.3) is 32.7 Å². The minimum absolute atomic E-state index is 0.623. The van der Waals surface area contributed by atoms with Crippen molar-refractivity contribution in [1.82, 2.24) is 0 Å². The molecule has 2 heteroatoms. The summed E-state index contributed by atoms with van der Waals surface area (Å²) in [5, 5.41) is 4.71. The van der Waals surface area contributed by atoms with E-state index in [1.165, 1.54) is 21.5 Å². The predicted octanol–water partition coefficient (Wildman–Crippen LogP) is 6.07. The standard InChI is InChI=1S/C23H20O2/c1-3-25-21-15-13-17-9-5-7-11-19(17)23(21)22-18-10-6-4-8-16(18)12-14-20(22)24-2/h4-15H,3H2,1-2H3. The lowest BCUT2D eigenvalue weighted by atomic mass is 9.92. The van der Waals surface area contributed by atoms with Crippen molar-refractivity contribution in [2.45, 2.75) is 6.92 Å². The van der Waals surface area contributed by atoms with Crippen LogP contribution in [0.15, 0.2) is 72.8 Å². The van der Waals surface area contributed by atoms with Crippen molar-refractivity contribution in [3.8, 4) is 22.6 Å². The first-order valence-electron chi connectivity index (χ1n) is 8.54. The van der Waals surface area contributed by atoms with Crippen LogP contribution >= 0.6 is 0 Å². The fraction of sp³-hybridized carbons (Fsp3) is 0.130. The summed E-state index contributed by atoms with van der Waals surface area (Å²) >= 11 is 0. The van der Waals surface area contributed by atoms with Gasteiger partial charge in [0.1, 0.15) is 11.5 Å². The van der Waals surface area contributed by atoms with Crippen LogP contribution < -0.4 is 9.47 Å². The molecule has 0 bridgehead atoms. The third kappa shape index (κ3) is 2.60. The topological polar surface area (TPSA) is 18.5 Å². The number of hydrogen-bond donors (Lipinski definition) is 0. The Balaban J connectivity index is 2.17. The normalized spacial score (nSPS) is 11.0. The number of ether oxygens (including phenoxy) is 2. The van der Waals surface area contributed by atoms with Crippen molar-refractivity contribution < 1.29 is 9.47 Å². The molecule has 0 fully saturated rings. The van der Waals surface area contributed by atoms with Crippen LogP contribution in [0.1, 0.15) is 6.92 Å². The molecule has 0 N–H and O–H groups in total. The van der Waals surface area contributed by atoms with E-state index in [4.69, 9.17) is 9.47 Å². The zero-order chi connectivity index (χ0) is 17.2. The van der Waals surface area contributed by atoms with Gasteiger partial charge in [0.25, 0.3) is 0 Å². The van der Waals surface area contributed by atoms with E-state index >= 15 is 0 Å². The maximum absolute atomic E-state index is 5.99. The Morgan fingerprint density at radius 3 is 1.72 bits per heavy atom. The smallest absolute Gasteiger partial charge is 0.127 e. The zero-order valence-corrected chi connectivity index (χ0v) is 14.5. The van der Waals surface area contributed by atoms with Crippen molar-refractivity contribution in [2.75, 3.05) is 13.7 Å². The summed E-state index contributed by atoms with van der Waals surface area (Å²) in [7, 11) is 1.72. The third-order valence-corrected chi connectivity index (χ3v) is 4.55. The molecule has 0 aliphatic carbocycles. The van der Waals surface area contributed by atoms with Gasteiger partial charge in [0.2, 0.25) is 0 Å². The third-order valence-electron chi connectivity index (χ3n) is 4.55. The first-order chi connectivity index (χ1) is 12.3. The molecule has 0 aliphatic rings. The Morgan fingerprint density at radius 2 is 1.16 bits per heavy atom. The fourth-order valence-corrected chi connectivity index (χ4v) is 3.46. The highest BCUT2D eigenvalue weighted by molar-refractivity contribution is 6.09. The van der Waals surface area contributed by atoms with E-state index in [1.807, 2.05) is 13.0 Å². The molecule has 0 unspecified atom stereocenters. The van der Waals surface area contributed by atoms with Gasteiger partial charge in [0.05, 0.1) is 13.7 Å². The summed E-state index contributed by atoms with van der Waals surface area (Å²) in [6.45, 7) is 2.64. The number of fused-ring (bicyclic) bond motifs is 2. The van der Waals surface area contributed by atoms with Crippen LogP contribution in [0.5, 0.6) is 11.5 Å². The van der Waals surface area contributed by atoms with E-state index in [9.17, 15) is 0 Å². The molecule has 124 valence electrons. The summed E-state index contributed by atoms with van der Waals surface area (Å²) in [5.74, 6) is 1.74. The van der Waals surface area contributed by atoms with Crippen LogP contribution in [0, 0.1) is 0 Å². The van der Waals surface area contributed by atoms with Gasteiger partial charge in [-0.3, -0.25) is 0 Å². The minimum atomic E-state index is 0.623. The number of rotatable bonds is 4. The molecule has 0 saturated heterocycles. The molecule has 25 heavy (non-hydrogen) atoms. The maximum atomic E-state index is 5.99. The Bertz CT molecular complexity index is 1050. The van der Waals surface area contributed by atoms with Gasteiger partial charge in [-0.15, -0.1) is 0 Å². The van der Waals surface area contributed by atoms with Crippen LogP contribution in [-0.2, 0) is 0 Å². The molecule has 0 heterocycles. The van der Waals surface area contributed by atoms with Crippen LogP contribution in [0.3, 0.4) is 0 Å². The van der Waals surface area contributed by atoms with Gasteiger partial charge in [-0.1, -0.05) is 60.7 Å². The molecule has 0 atom stereocenters. The lowest BCUT2D eigenvalue weighted by Crippen LogP contribution is -1.97. The molecular formula is C23H20O2. The van der Waals surface area contributed by atoms with Gasteiger partial charge in [0.15, 0.2) is 0 Å². The van der Waals surface area contributed by atoms with Crippen LogP contribution in [-0.4, -0.2) is 13.7 Å². The van der Waals surface area contributed by atoms with Gasteiger partial charge in [0, 0.05) is 11.1 Å². The van der Waals surface area contributed by atoms with Gasteiger partial charge in [-0.25, -0.2) is 0 Å². The van der Waals surface area contributed by atoms with Gasteiger partial charge >= 0.3 is 0 Å². The van der Waals surface area contributed by atoms with Crippen molar-refractivity contribution in [3.05, 3.63) is 72.8 Å². The summed E-state index contributed by atoms with van der Waals surface area (Å²) in [4.78, 5) is 0. The monoisotopic (exact) mass is 328 g/mol. The van der Waals surface area contributed by atoms with Gasteiger partial charge in [-0.2, -0.15) is 0 Å². The highest BCUT2D eigenvalue weighted by atomic mass is 16.5. The second-order valence-electron chi connectivity index (χ2n) is 5.96. The molecule has 0 aliphatic heterocycles. The summed E-state index contributed by atoms with van der Waals surface area (Å²) < 4.78 is 11.7. The first kappa shape index (κ1) is 15.5. The van der Waals surface area contributed by atoms with Crippen molar-refractivity contribution in [1.29, 1.82) is 0 Å². The quantitative estimate of drug-likeness (QED) is 0.453. The molecular weight excluding hydrogens is 308 g/mol. The lowest BCUT2D eigenvalue weighted by Gasteiger charge is -2.18. The second kappa shape index (κ2) is 6.48. The van der Waals surface area contributed by atoms with E-state index in [-0.39, 0.29) is 0 Å². The van der Waals surface area contributed by atoms with Crippen molar-refractivity contribution >= 4 is 21.5 Å². The number of hydrogen-bond acceptors (Lipinski definition) is 2. The van der Waals surface area contributed by atoms with E-state index in [2.05, 4.69) is 66.7 Å². The summed E-state index contributed by atoms with van der Waals surface area (Å²) in [6.07, 6.45) is 0. The summed E-state index contributed by atoms with van der Waals surface area (Å²) in [6, 6.07) is 25.1. The molecule has 0 saturated carbocycles. The molecule has 0 aromatic heterocycles. The number of benzene rings is 4. The highest BCUT2D eigenvalue weighted by Gasteiger charge is 2.18. The highest BCUT2D eigenvalue weighted by Crippen LogP contribution is 2.45. The molecule has 4 aromatic rings. The molecule has 0 radical (unpaired) electrons. The Morgan fingerprint density at radius 1 is 0.640 bits per heavy atom. The molecule has 4 rings (SSSR count). The predicted molar refractivity (Wildman–Crippen MR) is 105 cm³/mol. The second-order valence-corrected chi connectivity index (χ2v) is 5.96. The Kier molecular flexibility index (Phi) is 4.02. The summed E-state index contributed by atoms with van der Waals surface area (Å²) in [5.41, 5.74) is 2.18. The van der Waals surface area contributed by atoms with Crippen molar-refractivity contribution in [2.24, 2.45) is 0 Å². The van der Waals surface area contributed by atoms with E-state index in [0.29, 0.717) is 6.61 Å². The van der Waals surface area contributed by atoms with Gasteiger partial charge < -0.3 is 9.47 Å². The van der Waals surface area contributed by atoms with E-state index < -0.39 is 0 Å². The zero-order valence-electron chi connectivity index (χ0n) is 14.5. The van der Waals surface area contributed by atoms with E-state index in [1.54, 1.807) is 7.11 Å². The number of methoxy groups -OCH3 is 1. The molecule has 4 aromatic carbocycles. The average Bonchev–Trinajstić information content (AvgIpc) is 2.67. The molecule has 0 amide bonds. The molecule has 2 nitrogen and oxygen atoms in total. The van der Waals surface area contributed by atoms with Crippen LogP contribution in [0.4, 0.5) is 0 Å². The largest absolute Gasteiger partial charge is 0.496 e. The Labute approximate surface area is 147 Å². The minimum Gasteiger partial charge on any atom is -0.496 e. The van der Waals surface area contributed by atoms with Crippen LogP contribution in [0.2, 0.25) is 0 Å². The SMILES string of the molecule is CCOc1ccc2ccccc2c1-c1c(OC)ccc2ccccc12. The lowest BCUT2D eigenvalue weighted by molar-refractivity contribution is 0.342. The average molecular weight is 328 g/mol. The van der Waals surface area contributed by atoms with Gasteiger partial charge in [-0.05, 0) is 40.6 Å². The molecule has 0 spiro atoms. The van der Waals surface area contributed by atoms with E-state index in [0.717, 1.165) is 22.6 Å². The fourth-order valence-electron chi connectivity index (χ4n) is 3.46.